The molecule has 1 aliphatic rings. The molecule has 2 rings (SSSR count). The van der Waals surface area contributed by atoms with E-state index >= 15 is 0 Å². The first-order valence-electron chi connectivity index (χ1n) is 7.31. The van der Waals surface area contributed by atoms with Gasteiger partial charge in [-0.25, -0.2) is 0 Å². The third-order valence-corrected chi connectivity index (χ3v) is 3.62. The van der Waals surface area contributed by atoms with Crippen molar-refractivity contribution in [1.29, 1.82) is 0 Å². The molecule has 0 amide bonds. The van der Waals surface area contributed by atoms with E-state index in [2.05, 4.69) is 44.3 Å². The normalized spacial score (nSPS) is 14.5. The number of hydrogen-bond acceptors (Lipinski definition) is 2. The van der Waals surface area contributed by atoms with Gasteiger partial charge < -0.3 is 5.32 Å². The van der Waals surface area contributed by atoms with Gasteiger partial charge in [-0.3, -0.25) is 4.79 Å². The first-order chi connectivity index (χ1) is 8.94. The zero-order valence-electron chi connectivity index (χ0n) is 12.4. The highest BCUT2D eigenvalue weighted by Gasteiger charge is 2.13. The molecule has 19 heavy (non-hydrogen) atoms. The van der Waals surface area contributed by atoms with Gasteiger partial charge in [0.2, 0.25) is 0 Å². The number of ketones is 1. The average Bonchev–Trinajstić information content (AvgIpc) is 2.74. The van der Waals surface area contributed by atoms with Gasteiger partial charge in [-0.15, -0.1) is 0 Å². The van der Waals surface area contributed by atoms with Gasteiger partial charge in [-0.05, 0) is 56.7 Å². The smallest absolute Gasteiger partial charge is 0.138 e. The number of Topliss-reactive ketones (excluding diaryl/α,β-unsaturated/α-hetero) is 1. The predicted molar refractivity (Wildman–Crippen MR) is 79.6 cm³/mol. The second-order valence-corrected chi connectivity index (χ2v) is 6.60. The zero-order valence-corrected chi connectivity index (χ0v) is 12.4. The molecule has 104 valence electrons. The minimum absolute atomic E-state index is 0.0911. The molecule has 0 saturated carbocycles. The quantitative estimate of drug-likeness (QED) is 0.880. The number of rotatable bonds is 5. The molecular formula is C17H25NO. The molecule has 0 saturated heterocycles. The van der Waals surface area contributed by atoms with Gasteiger partial charge in [-0.1, -0.05) is 18.2 Å². The van der Waals surface area contributed by atoms with E-state index in [1.54, 1.807) is 0 Å². The van der Waals surface area contributed by atoms with Gasteiger partial charge in [0.1, 0.15) is 5.78 Å². The van der Waals surface area contributed by atoms with Crippen molar-refractivity contribution < 1.29 is 4.79 Å². The molecular weight excluding hydrogens is 234 g/mol. The van der Waals surface area contributed by atoms with Gasteiger partial charge in [0.05, 0.1) is 0 Å². The first-order valence-corrected chi connectivity index (χ1v) is 7.31. The Hall–Kier alpha value is -1.15. The van der Waals surface area contributed by atoms with E-state index in [1.807, 2.05) is 0 Å². The van der Waals surface area contributed by atoms with Gasteiger partial charge in [0.15, 0.2) is 0 Å². The molecule has 2 heteroatoms. The number of hydrogen-bond donors (Lipinski definition) is 1. The Morgan fingerprint density at radius 2 is 1.95 bits per heavy atom. The minimum atomic E-state index is 0.0911. The highest BCUT2D eigenvalue weighted by atomic mass is 16.1. The van der Waals surface area contributed by atoms with Crippen molar-refractivity contribution in [2.24, 2.45) is 0 Å². The number of fused-ring (bicyclic) bond motifs is 1. The van der Waals surface area contributed by atoms with Gasteiger partial charge in [0.25, 0.3) is 0 Å². The van der Waals surface area contributed by atoms with Gasteiger partial charge in [-0.2, -0.15) is 0 Å². The second-order valence-electron chi connectivity index (χ2n) is 6.60. The standard InChI is InChI=1S/C17H25NO/c1-17(2,3)18-10-9-16(19)12-13-7-8-14-5-4-6-15(14)11-13/h7-8,11,18H,4-6,9-10,12H2,1-3H3. The van der Waals surface area contributed by atoms with Crippen LogP contribution in [0.15, 0.2) is 18.2 Å². The Morgan fingerprint density at radius 3 is 2.68 bits per heavy atom. The molecule has 1 aliphatic carbocycles. The fraction of sp³-hybridized carbons (Fsp3) is 0.588. The molecule has 0 spiro atoms. The maximum absolute atomic E-state index is 12.0. The van der Waals surface area contributed by atoms with E-state index in [0.717, 1.165) is 6.54 Å². The molecule has 1 N–H and O–H groups in total. The summed E-state index contributed by atoms with van der Waals surface area (Å²) < 4.78 is 0. The maximum Gasteiger partial charge on any atom is 0.138 e. The van der Waals surface area contributed by atoms with Crippen LogP contribution >= 0.6 is 0 Å². The van der Waals surface area contributed by atoms with Crippen LogP contribution in [0.2, 0.25) is 0 Å². The maximum atomic E-state index is 12.0. The lowest BCUT2D eigenvalue weighted by Crippen LogP contribution is -2.37. The van der Waals surface area contributed by atoms with Crippen molar-refractivity contribution in [3.8, 4) is 0 Å². The SMILES string of the molecule is CC(C)(C)NCCC(=O)Cc1ccc2c(c1)CCC2. The highest BCUT2D eigenvalue weighted by molar-refractivity contribution is 5.81. The molecule has 0 fully saturated rings. The van der Waals surface area contributed by atoms with Crippen molar-refractivity contribution in [3.05, 3.63) is 34.9 Å². The van der Waals surface area contributed by atoms with Crippen LogP contribution in [0.25, 0.3) is 0 Å². The molecule has 1 aromatic rings. The third kappa shape index (κ3) is 4.46. The van der Waals surface area contributed by atoms with Gasteiger partial charge in [0, 0.05) is 24.9 Å². The minimum Gasteiger partial charge on any atom is -0.312 e. The topological polar surface area (TPSA) is 29.1 Å². The van der Waals surface area contributed by atoms with Crippen LogP contribution in [-0.2, 0) is 24.1 Å². The Kier molecular flexibility index (Phi) is 4.41. The Bertz CT molecular complexity index is 457. The number of aryl methyl sites for hydroxylation is 2. The van der Waals surface area contributed by atoms with E-state index in [1.165, 1.54) is 36.0 Å². The highest BCUT2D eigenvalue weighted by Crippen LogP contribution is 2.23. The van der Waals surface area contributed by atoms with Crippen molar-refractivity contribution in [1.82, 2.24) is 5.32 Å². The van der Waals surface area contributed by atoms with E-state index in [0.29, 0.717) is 18.6 Å². The van der Waals surface area contributed by atoms with Crippen molar-refractivity contribution in [2.45, 2.75) is 58.4 Å². The van der Waals surface area contributed by atoms with E-state index < -0.39 is 0 Å². The summed E-state index contributed by atoms with van der Waals surface area (Å²) >= 11 is 0. The Morgan fingerprint density at radius 1 is 1.21 bits per heavy atom. The summed E-state index contributed by atoms with van der Waals surface area (Å²) in [7, 11) is 0. The van der Waals surface area contributed by atoms with Crippen LogP contribution in [0.5, 0.6) is 0 Å². The van der Waals surface area contributed by atoms with Crippen molar-refractivity contribution in [3.63, 3.8) is 0 Å². The van der Waals surface area contributed by atoms with Crippen molar-refractivity contribution >= 4 is 5.78 Å². The van der Waals surface area contributed by atoms with Crippen LogP contribution in [0, 0.1) is 0 Å². The summed E-state index contributed by atoms with van der Waals surface area (Å²) in [5.41, 5.74) is 4.21. The summed E-state index contributed by atoms with van der Waals surface area (Å²) in [5, 5.41) is 3.36. The Balaban J connectivity index is 1.82. The largest absolute Gasteiger partial charge is 0.312 e. The third-order valence-electron chi connectivity index (χ3n) is 3.62. The molecule has 1 aromatic carbocycles. The fourth-order valence-electron chi connectivity index (χ4n) is 2.63. The molecule has 2 nitrogen and oxygen atoms in total. The van der Waals surface area contributed by atoms with Crippen LogP contribution < -0.4 is 5.32 Å². The van der Waals surface area contributed by atoms with Crippen LogP contribution in [0.1, 0.15) is 50.3 Å². The predicted octanol–water partition coefficient (Wildman–Crippen LogP) is 3.07. The molecule has 0 radical (unpaired) electrons. The van der Waals surface area contributed by atoms with Gasteiger partial charge >= 0.3 is 0 Å². The summed E-state index contributed by atoms with van der Waals surface area (Å²) in [5.74, 6) is 0.328. The van der Waals surface area contributed by atoms with E-state index in [9.17, 15) is 4.79 Å². The van der Waals surface area contributed by atoms with Crippen molar-refractivity contribution in [2.75, 3.05) is 6.54 Å². The summed E-state index contributed by atoms with van der Waals surface area (Å²) in [4.78, 5) is 12.0. The Labute approximate surface area is 116 Å². The molecule has 0 heterocycles. The van der Waals surface area contributed by atoms with E-state index in [-0.39, 0.29) is 5.54 Å². The molecule has 0 atom stereocenters. The summed E-state index contributed by atoms with van der Waals surface area (Å²) in [6, 6.07) is 6.56. The molecule has 0 aliphatic heterocycles. The monoisotopic (exact) mass is 259 g/mol. The zero-order chi connectivity index (χ0) is 13.9. The lowest BCUT2D eigenvalue weighted by molar-refractivity contribution is -0.118. The summed E-state index contributed by atoms with van der Waals surface area (Å²) in [6.07, 6.45) is 4.86. The average molecular weight is 259 g/mol. The lowest BCUT2D eigenvalue weighted by atomic mass is 10.0. The number of carbonyl (C=O) groups excluding carboxylic acids is 1. The molecule has 0 aromatic heterocycles. The lowest BCUT2D eigenvalue weighted by Gasteiger charge is -2.20. The number of nitrogens with one attached hydrogen (secondary N) is 1. The van der Waals surface area contributed by atoms with Crippen LogP contribution in [0.3, 0.4) is 0 Å². The van der Waals surface area contributed by atoms with Crippen LogP contribution in [0.4, 0.5) is 0 Å². The number of carbonyl (C=O) groups is 1. The summed E-state index contributed by atoms with van der Waals surface area (Å²) in [6.45, 7) is 7.14. The first kappa shape index (κ1) is 14.3. The van der Waals surface area contributed by atoms with E-state index in [4.69, 9.17) is 0 Å². The number of benzene rings is 1. The molecule has 0 unspecified atom stereocenters. The fourth-order valence-corrected chi connectivity index (χ4v) is 2.63. The molecule has 0 bridgehead atoms. The van der Waals surface area contributed by atoms with Crippen LogP contribution in [-0.4, -0.2) is 17.9 Å². The second kappa shape index (κ2) is 5.87.